The van der Waals surface area contributed by atoms with Gasteiger partial charge < -0.3 is 4.74 Å². The van der Waals surface area contributed by atoms with Crippen molar-refractivity contribution in [1.82, 2.24) is 0 Å². The quantitative estimate of drug-likeness (QED) is 0.463. The zero-order chi connectivity index (χ0) is 6.04. The molecule has 0 N–H and O–H groups in total. The van der Waals surface area contributed by atoms with Gasteiger partial charge in [0.05, 0.1) is 5.60 Å². The van der Waals surface area contributed by atoms with Crippen LogP contribution in [0.15, 0.2) is 0 Å². The summed E-state index contributed by atoms with van der Waals surface area (Å²) in [6.45, 7) is 5.05. The van der Waals surface area contributed by atoms with Crippen molar-refractivity contribution in [1.29, 1.82) is 0 Å². The van der Waals surface area contributed by atoms with Gasteiger partial charge in [-0.25, -0.2) is 0 Å². The highest BCUT2D eigenvalue weighted by molar-refractivity contribution is 4.82. The second kappa shape index (κ2) is 2.06. The van der Waals surface area contributed by atoms with Gasteiger partial charge in [0.15, 0.2) is 0 Å². The third-order valence-electron chi connectivity index (χ3n) is 1.32. The number of rotatable bonds is 0. The van der Waals surface area contributed by atoms with Gasteiger partial charge in [0.25, 0.3) is 0 Å². The highest BCUT2D eigenvalue weighted by atomic mass is 16.5. The van der Waals surface area contributed by atoms with E-state index in [0.717, 1.165) is 19.4 Å². The van der Waals surface area contributed by atoms with Crippen LogP contribution in [-0.4, -0.2) is 12.2 Å². The predicted molar refractivity (Wildman–Crippen MR) is 32.5 cm³/mol. The van der Waals surface area contributed by atoms with Crippen LogP contribution in [-0.2, 0) is 4.74 Å². The lowest BCUT2D eigenvalue weighted by atomic mass is 9.99. The predicted octanol–water partition coefficient (Wildman–Crippen LogP) is 1.66. The monoisotopic (exact) mass is 112 g/mol. The Bertz CT molecular complexity index is 68.5. The molecule has 0 spiro atoms. The summed E-state index contributed by atoms with van der Waals surface area (Å²) in [5.41, 5.74) is 0.0677. The van der Waals surface area contributed by atoms with E-state index in [4.69, 9.17) is 4.74 Å². The van der Waals surface area contributed by atoms with Gasteiger partial charge in [-0.1, -0.05) is 0 Å². The van der Waals surface area contributed by atoms with Crippen molar-refractivity contribution in [3.8, 4) is 0 Å². The van der Waals surface area contributed by atoms with Crippen LogP contribution in [0.2, 0.25) is 0 Å². The van der Waals surface area contributed by atoms with Crippen molar-refractivity contribution in [2.75, 3.05) is 6.61 Å². The summed E-state index contributed by atoms with van der Waals surface area (Å²) in [4.78, 5) is 0. The first-order valence-corrected chi connectivity index (χ1v) is 3.05. The molecule has 1 nitrogen and oxygen atoms in total. The molecule has 1 saturated heterocycles. The molecule has 1 rings (SSSR count). The number of hydrogen-bond acceptors (Lipinski definition) is 1. The number of ether oxygens (including phenoxy) is 1. The van der Waals surface area contributed by atoms with Crippen LogP contribution in [0.5, 0.6) is 0 Å². The molecule has 0 unspecified atom stereocenters. The van der Waals surface area contributed by atoms with E-state index in [2.05, 4.69) is 20.3 Å². The van der Waals surface area contributed by atoms with Gasteiger partial charge in [-0.05, 0) is 33.1 Å². The Morgan fingerprint density at radius 1 is 1.50 bits per heavy atom. The van der Waals surface area contributed by atoms with Crippen molar-refractivity contribution in [2.24, 2.45) is 0 Å². The second-order valence-electron chi connectivity index (χ2n) is 2.78. The fourth-order valence-corrected chi connectivity index (χ4v) is 0.840. The van der Waals surface area contributed by atoms with Crippen LogP contribution >= 0.6 is 0 Å². The zero-order valence-corrected chi connectivity index (χ0v) is 5.53. The van der Waals surface area contributed by atoms with E-state index < -0.39 is 0 Å². The first-order chi connectivity index (χ1) is 3.71. The molecule has 1 heterocycles. The summed E-state index contributed by atoms with van der Waals surface area (Å²) >= 11 is 0. The minimum atomic E-state index is 0.0677. The molecule has 1 heteroatoms. The van der Waals surface area contributed by atoms with Crippen LogP contribution in [0.3, 0.4) is 0 Å². The SMILES string of the molecule is CC1(C)C[C]CCO1. The average molecular weight is 112 g/mol. The van der Waals surface area contributed by atoms with E-state index in [1.807, 2.05) is 0 Å². The molecule has 0 aromatic heterocycles. The van der Waals surface area contributed by atoms with Gasteiger partial charge in [0.1, 0.15) is 0 Å². The molecule has 0 bridgehead atoms. The molecule has 1 aliphatic rings. The van der Waals surface area contributed by atoms with Crippen LogP contribution in [0.4, 0.5) is 0 Å². The third-order valence-corrected chi connectivity index (χ3v) is 1.32. The number of hydrogen-bond donors (Lipinski definition) is 0. The van der Waals surface area contributed by atoms with Crippen molar-refractivity contribution in [3.05, 3.63) is 6.42 Å². The average Bonchev–Trinajstić information content (AvgIpc) is 1.65. The lowest BCUT2D eigenvalue weighted by Gasteiger charge is -2.29. The standard InChI is InChI=1S/C7H12O/c1-7(2)5-3-4-6-8-7/h4-6H2,1-2H3. The summed E-state index contributed by atoms with van der Waals surface area (Å²) < 4.78 is 5.40. The maximum Gasteiger partial charge on any atom is 0.0632 e. The van der Waals surface area contributed by atoms with Gasteiger partial charge in [0.2, 0.25) is 0 Å². The molecule has 0 atom stereocenters. The zero-order valence-electron chi connectivity index (χ0n) is 5.53. The molecule has 46 valence electrons. The maximum absolute atomic E-state index is 5.40. The van der Waals surface area contributed by atoms with Crippen LogP contribution in [0, 0.1) is 6.42 Å². The smallest absolute Gasteiger partial charge is 0.0632 e. The Balaban J connectivity index is 2.33. The van der Waals surface area contributed by atoms with Gasteiger partial charge in [-0.3, -0.25) is 0 Å². The van der Waals surface area contributed by atoms with Crippen LogP contribution < -0.4 is 0 Å². The maximum atomic E-state index is 5.40. The minimum absolute atomic E-state index is 0.0677. The van der Waals surface area contributed by atoms with Crippen molar-refractivity contribution in [3.63, 3.8) is 0 Å². The minimum Gasteiger partial charge on any atom is -0.376 e. The summed E-state index contributed by atoms with van der Waals surface area (Å²) in [6.07, 6.45) is 5.23. The van der Waals surface area contributed by atoms with Crippen molar-refractivity contribution < 1.29 is 4.74 Å². The highest BCUT2D eigenvalue weighted by Gasteiger charge is 2.21. The Morgan fingerprint density at radius 3 is 2.50 bits per heavy atom. The Kier molecular flexibility index (Phi) is 1.57. The van der Waals surface area contributed by atoms with Gasteiger partial charge in [0, 0.05) is 6.61 Å². The fraction of sp³-hybridized carbons (Fsp3) is 0.857. The molecule has 1 aliphatic heterocycles. The van der Waals surface area contributed by atoms with Crippen LogP contribution in [0.1, 0.15) is 26.7 Å². The summed E-state index contributed by atoms with van der Waals surface area (Å²) in [5.74, 6) is 0. The van der Waals surface area contributed by atoms with Gasteiger partial charge in [-0.15, -0.1) is 0 Å². The van der Waals surface area contributed by atoms with E-state index in [-0.39, 0.29) is 5.60 Å². The van der Waals surface area contributed by atoms with Gasteiger partial charge in [-0.2, -0.15) is 0 Å². The van der Waals surface area contributed by atoms with Crippen molar-refractivity contribution >= 4 is 0 Å². The van der Waals surface area contributed by atoms with Crippen LogP contribution in [0.25, 0.3) is 0 Å². The fourth-order valence-electron chi connectivity index (χ4n) is 0.840. The lowest BCUT2D eigenvalue weighted by molar-refractivity contribution is -0.0350. The van der Waals surface area contributed by atoms with Crippen molar-refractivity contribution in [2.45, 2.75) is 32.3 Å². The summed E-state index contributed by atoms with van der Waals surface area (Å²) in [6, 6.07) is 0. The molecule has 0 aliphatic carbocycles. The first-order valence-electron chi connectivity index (χ1n) is 3.05. The molecule has 0 aromatic carbocycles. The topological polar surface area (TPSA) is 9.23 Å². The molecule has 0 amide bonds. The molecular formula is C7H12O. The van der Waals surface area contributed by atoms with Gasteiger partial charge >= 0.3 is 0 Å². The van der Waals surface area contributed by atoms with E-state index in [1.54, 1.807) is 0 Å². The third kappa shape index (κ3) is 1.48. The molecule has 0 aromatic rings. The largest absolute Gasteiger partial charge is 0.376 e. The first kappa shape index (κ1) is 6.09. The normalized spacial score (nSPS) is 27.8. The highest BCUT2D eigenvalue weighted by Crippen LogP contribution is 2.21. The summed E-state index contributed by atoms with van der Waals surface area (Å²) in [7, 11) is 0. The van der Waals surface area contributed by atoms with E-state index in [0.29, 0.717) is 0 Å². The van der Waals surface area contributed by atoms with E-state index in [1.165, 1.54) is 0 Å². The Hall–Kier alpha value is -0.0400. The van der Waals surface area contributed by atoms with E-state index >= 15 is 0 Å². The van der Waals surface area contributed by atoms with E-state index in [9.17, 15) is 0 Å². The second-order valence-corrected chi connectivity index (χ2v) is 2.78. The molecular weight excluding hydrogens is 100 g/mol. The lowest BCUT2D eigenvalue weighted by Crippen LogP contribution is -2.28. The molecule has 0 saturated carbocycles. The molecule has 2 radical (unpaired) electrons. The Morgan fingerprint density at radius 2 is 2.25 bits per heavy atom. The molecule has 1 fully saturated rings. The Labute approximate surface area is 51.0 Å². The summed E-state index contributed by atoms with van der Waals surface area (Å²) in [5, 5.41) is 0. The molecule has 8 heavy (non-hydrogen) atoms.